The van der Waals surface area contributed by atoms with Crippen LogP contribution in [0.3, 0.4) is 0 Å². The standard InChI is InChI=1S/C9H8F3N3O2S2/c10-6(8(11)12)1-2-19(16)9-14-3-7(18-9)15-4-13-5-17-15/h3,5H,1-2,4H2. The summed E-state index contributed by atoms with van der Waals surface area (Å²) in [6, 6.07) is 0. The van der Waals surface area contributed by atoms with Crippen LogP contribution in [0, 0.1) is 0 Å². The molecule has 0 spiro atoms. The molecule has 2 rings (SSSR count). The molecule has 0 radical (unpaired) electrons. The van der Waals surface area contributed by atoms with Crippen molar-refractivity contribution in [3.05, 3.63) is 18.1 Å². The van der Waals surface area contributed by atoms with Gasteiger partial charge in [0, 0.05) is 12.2 Å². The first-order valence-corrected chi connectivity index (χ1v) is 7.18. The van der Waals surface area contributed by atoms with E-state index < -0.39 is 29.1 Å². The predicted octanol–water partition coefficient (Wildman–Crippen LogP) is 2.46. The van der Waals surface area contributed by atoms with Gasteiger partial charge in [-0.15, -0.1) is 0 Å². The number of aromatic nitrogens is 1. The van der Waals surface area contributed by atoms with Gasteiger partial charge in [0.1, 0.15) is 0 Å². The number of aliphatic imine (C=N–C) groups is 1. The van der Waals surface area contributed by atoms with Crippen LogP contribution in [0.2, 0.25) is 0 Å². The molecule has 0 N–H and O–H groups in total. The molecule has 5 nitrogen and oxygen atoms in total. The van der Waals surface area contributed by atoms with E-state index in [1.807, 2.05) is 0 Å². The lowest BCUT2D eigenvalue weighted by Gasteiger charge is -2.09. The number of hydrogen-bond acceptors (Lipinski definition) is 6. The Morgan fingerprint density at radius 3 is 2.95 bits per heavy atom. The molecule has 0 aliphatic carbocycles. The molecule has 0 saturated heterocycles. The lowest BCUT2D eigenvalue weighted by molar-refractivity contribution is 0.314. The van der Waals surface area contributed by atoms with Crippen LogP contribution in [0.1, 0.15) is 6.42 Å². The summed E-state index contributed by atoms with van der Waals surface area (Å²) in [4.78, 5) is 12.7. The van der Waals surface area contributed by atoms with Crippen molar-refractivity contribution in [1.29, 1.82) is 0 Å². The van der Waals surface area contributed by atoms with E-state index in [0.29, 0.717) is 11.7 Å². The van der Waals surface area contributed by atoms with Crippen LogP contribution in [-0.2, 0) is 15.6 Å². The fraction of sp³-hybridized carbons (Fsp3) is 0.333. The molecule has 19 heavy (non-hydrogen) atoms. The van der Waals surface area contributed by atoms with E-state index >= 15 is 0 Å². The van der Waals surface area contributed by atoms with E-state index in [4.69, 9.17) is 4.84 Å². The first kappa shape index (κ1) is 14.0. The number of thiazole rings is 1. The summed E-state index contributed by atoms with van der Waals surface area (Å²) in [5, 5.41) is 2.02. The maximum Gasteiger partial charge on any atom is 0.301 e. The third kappa shape index (κ3) is 3.53. The van der Waals surface area contributed by atoms with Crippen molar-refractivity contribution in [1.82, 2.24) is 4.98 Å². The number of hydrogen-bond donors (Lipinski definition) is 0. The highest BCUT2D eigenvalue weighted by atomic mass is 32.2. The molecule has 0 aromatic carbocycles. The average molecular weight is 311 g/mol. The number of rotatable bonds is 5. The van der Waals surface area contributed by atoms with Gasteiger partial charge in [-0.25, -0.2) is 14.4 Å². The van der Waals surface area contributed by atoms with Crippen molar-refractivity contribution in [3.8, 4) is 0 Å². The third-order valence-corrected chi connectivity index (χ3v) is 4.76. The summed E-state index contributed by atoms with van der Waals surface area (Å²) in [6.45, 7) is 0.304. The molecule has 0 amide bonds. The molecule has 1 unspecified atom stereocenters. The van der Waals surface area contributed by atoms with Crippen LogP contribution >= 0.6 is 11.3 Å². The second-order valence-corrected chi connectivity index (χ2v) is 6.10. The summed E-state index contributed by atoms with van der Waals surface area (Å²) >= 11 is 1.08. The monoisotopic (exact) mass is 311 g/mol. The molecule has 1 atom stereocenters. The lowest BCUT2D eigenvalue weighted by Crippen LogP contribution is -2.15. The molecule has 1 aromatic rings. The van der Waals surface area contributed by atoms with Crippen LogP contribution in [0.5, 0.6) is 0 Å². The number of halogens is 3. The quantitative estimate of drug-likeness (QED) is 0.838. The maximum atomic E-state index is 12.6. The zero-order chi connectivity index (χ0) is 13.8. The van der Waals surface area contributed by atoms with Crippen molar-refractivity contribution >= 4 is 33.5 Å². The zero-order valence-electron chi connectivity index (χ0n) is 9.38. The first-order chi connectivity index (χ1) is 9.08. The molecular weight excluding hydrogens is 303 g/mol. The molecule has 1 aliphatic rings. The smallest absolute Gasteiger partial charge is 0.301 e. The molecule has 0 fully saturated rings. The molecular formula is C9H8F3N3O2S2. The average Bonchev–Trinajstić information content (AvgIpc) is 3.04. The third-order valence-electron chi connectivity index (χ3n) is 2.08. The molecule has 2 heterocycles. The van der Waals surface area contributed by atoms with Crippen LogP contribution in [0.4, 0.5) is 18.2 Å². The number of hydroxylamine groups is 1. The van der Waals surface area contributed by atoms with Crippen molar-refractivity contribution in [2.75, 3.05) is 17.5 Å². The minimum atomic E-state index is -2.38. The Morgan fingerprint density at radius 2 is 2.32 bits per heavy atom. The molecule has 1 aromatic heterocycles. The van der Waals surface area contributed by atoms with Gasteiger partial charge >= 0.3 is 6.08 Å². The molecule has 104 valence electrons. The van der Waals surface area contributed by atoms with Crippen molar-refractivity contribution < 1.29 is 22.2 Å². The van der Waals surface area contributed by atoms with Gasteiger partial charge in [0.2, 0.25) is 6.40 Å². The van der Waals surface area contributed by atoms with Gasteiger partial charge in [-0.2, -0.15) is 13.8 Å². The van der Waals surface area contributed by atoms with Gasteiger partial charge in [0.15, 0.2) is 21.8 Å². The van der Waals surface area contributed by atoms with Gasteiger partial charge < -0.3 is 4.84 Å². The number of allylic oxidation sites excluding steroid dienone is 1. The highest BCUT2D eigenvalue weighted by Crippen LogP contribution is 2.27. The summed E-state index contributed by atoms with van der Waals surface area (Å²) in [5.74, 6) is -1.78. The number of anilines is 1. The zero-order valence-corrected chi connectivity index (χ0v) is 11.0. The second-order valence-electron chi connectivity index (χ2n) is 3.34. The van der Waals surface area contributed by atoms with Gasteiger partial charge in [0.05, 0.1) is 17.0 Å². The normalized spacial score (nSPS) is 15.4. The highest BCUT2D eigenvalue weighted by Gasteiger charge is 2.17. The first-order valence-electron chi connectivity index (χ1n) is 5.04. The Labute approximate surface area is 112 Å². The van der Waals surface area contributed by atoms with E-state index in [-0.39, 0.29) is 10.1 Å². The lowest BCUT2D eigenvalue weighted by atomic mass is 10.4. The Bertz CT molecular complexity index is 535. The largest absolute Gasteiger partial charge is 0.365 e. The van der Waals surface area contributed by atoms with Crippen molar-refractivity contribution in [2.45, 2.75) is 10.8 Å². The summed E-state index contributed by atoms with van der Waals surface area (Å²) < 4.78 is 48.2. The van der Waals surface area contributed by atoms with Crippen LogP contribution in [0.15, 0.2) is 27.4 Å². The van der Waals surface area contributed by atoms with Crippen LogP contribution < -0.4 is 5.06 Å². The van der Waals surface area contributed by atoms with E-state index in [1.54, 1.807) is 0 Å². The van der Waals surface area contributed by atoms with E-state index in [9.17, 15) is 17.4 Å². The summed E-state index contributed by atoms with van der Waals surface area (Å²) in [6.07, 6.45) is -0.248. The van der Waals surface area contributed by atoms with E-state index in [1.165, 1.54) is 17.7 Å². The van der Waals surface area contributed by atoms with Crippen molar-refractivity contribution in [2.24, 2.45) is 4.99 Å². The van der Waals surface area contributed by atoms with Gasteiger partial charge in [-0.05, 0) is 0 Å². The van der Waals surface area contributed by atoms with Crippen LogP contribution in [0.25, 0.3) is 0 Å². The van der Waals surface area contributed by atoms with E-state index in [2.05, 4.69) is 9.98 Å². The SMILES string of the molecule is O=S(CCC(F)=C(F)F)c1ncc(N2CN=CO2)s1. The second kappa shape index (κ2) is 6.15. The molecule has 0 bridgehead atoms. The number of nitrogens with zero attached hydrogens (tertiary/aromatic N) is 3. The Balaban J connectivity index is 1.94. The molecule has 1 aliphatic heterocycles. The predicted molar refractivity (Wildman–Crippen MR) is 65.3 cm³/mol. The summed E-state index contributed by atoms with van der Waals surface area (Å²) in [7, 11) is -1.62. The Morgan fingerprint density at radius 1 is 1.53 bits per heavy atom. The Hall–Kier alpha value is -1.42. The molecule has 0 saturated carbocycles. The van der Waals surface area contributed by atoms with Gasteiger partial charge in [-0.1, -0.05) is 11.3 Å². The summed E-state index contributed by atoms with van der Waals surface area (Å²) in [5.41, 5.74) is 0. The van der Waals surface area contributed by atoms with Crippen LogP contribution in [-0.4, -0.2) is 28.0 Å². The minimum absolute atomic E-state index is 0.234. The van der Waals surface area contributed by atoms with E-state index in [0.717, 1.165) is 11.3 Å². The van der Waals surface area contributed by atoms with Crippen molar-refractivity contribution in [3.63, 3.8) is 0 Å². The fourth-order valence-corrected chi connectivity index (χ4v) is 3.37. The van der Waals surface area contributed by atoms with Gasteiger partial charge in [0.25, 0.3) is 0 Å². The minimum Gasteiger partial charge on any atom is -0.365 e. The topological polar surface area (TPSA) is 54.8 Å². The maximum absolute atomic E-state index is 12.6. The highest BCUT2D eigenvalue weighted by molar-refractivity contribution is 7.87. The molecule has 10 heteroatoms. The Kier molecular flexibility index (Phi) is 4.53. The van der Waals surface area contributed by atoms with Gasteiger partial charge in [-0.3, -0.25) is 4.21 Å². The fourth-order valence-electron chi connectivity index (χ4n) is 1.19.